The van der Waals surface area contributed by atoms with Crippen LogP contribution in [0.25, 0.3) is 0 Å². The number of nitrogens with zero attached hydrogens (tertiary/aromatic N) is 3. The minimum absolute atomic E-state index is 0.128. The summed E-state index contributed by atoms with van der Waals surface area (Å²) < 4.78 is 1.99. The van der Waals surface area contributed by atoms with Gasteiger partial charge in [0.2, 0.25) is 0 Å². The van der Waals surface area contributed by atoms with Crippen molar-refractivity contribution in [3.05, 3.63) is 88.0 Å². The third-order valence-electron chi connectivity index (χ3n) is 4.07. The largest absolute Gasteiger partial charge is 0.507 e. The number of phenolic OH excluding ortho intramolecular Hbond substituents is 1. The van der Waals surface area contributed by atoms with E-state index in [1.54, 1.807) is 6.20 Å². The molecule has 0 bridgehead atoms. The summed E-state index contributed by atoms with van der Waals surface area (Å²) >= 11 is 0. The second-order valence-electron chi connectivity index (χ2n) is 5.92. The van der Waals surface area contributed by atoms with E-state index in [1.165, 1.54) is 0 Å². The third kappa shape index (κ3) is 4.49. The summed E-state index contributed by atoms with van der Waals surface area (Å²) in [4.78, 5) is 26.7. The van der Waals surface area contributed by atoms with E-state index in [0.29, 0.717) is 13.0 Å². The Hall–Kier alpha value is -3.68. The first-order valence-electron chi connectivity index (χ1n) is 8.34. The van der Waals surface area contributed by atoms with Gasteiger partial charge >= 0.3 is 0 Å². The zero-order valence-corrected chi connectivity index (χ0v) is 14.4. The van der Waals surface area contributed by atoms with Crippen molar-refractivity contribution in [2.24, 2.45) is 0 Å². The van der Waals surface area contributed by atoms with Crippen molar-refractivity contribution in [3.8, 4) is 5.75 Å². The number of hydrogen-bond acceptors (Lipinski definition) is 5. The average Bonchev–Trinajstić information content (AvgIpc) is 3.09. The Kier molecular flexibility index (Phi) is 5.46. The maximum absolute atomic E-state index is 12.2. The Labute approximate surface area is 155 Å². The summed E-state index contributed by atoms with van der Waals surface area (Å²) in [6.45, 7) is 0.961. The van der Waals surface area contributed by atoms with E-state index in [4.69, 9.17) is 0 Å². The van der Waals surface area contributed by atoms with Crippen LogP contribution < -0.4 is 5.32 Å². The number of benzene rings is 2. The molecule has 138 valence electrons. The molecule has 0 saturated carbocycles. The van der Waals surface area contributed by atoms with Crippen LogP contribution in [0.3, 0.4) is 0 Å². The van der Waals surface area contributed by atoms with Gasteiger partial charge in [0.1, 0.15) is 11.6 Å². The highest BCUT2D eigenvalue weighted by Crippen LogP contribution is 2.22. The molecule has 1 aromatic heterocycles. The lowest BCUT2D eigenvalue weighted by Crippen LogP contribution is -2.26. The van der Waals surface area contributed by atoms with E-state index >= 15 is 0 Å². The van der Waals surface area contributed by atoms with Crippen LogP contribution in [0, 0.1) is 10.1 Å². The van der Waals surface area contributed by atoms with Gasteiger partial charge in [-0.1, -0.05) is 30.3 Å². The molecule has 2 N–H and O–H groups in total. The van der Waals surface area contributed by atoms with Crippen molar-refractivity contribution >= 4 is 11.6 Å². The van der Waals surface area contributed by atoms with Crippen LogP contribution in [-0.4, -0.2) is 32.0 Å². The smallest absolute Gasteiger partial charge is 0.270 e. The highest BCUT2D eigenvalue weighted by atomic mass is 16.6. The molecule has 0 aliphatic heterocycles. The predicted molar refractivity (Wildman–Crippen MR) is 98.6 cm³/mol. The van der Waals surface area contributed by atoms with Gasteiger partial charge in [-0.05, 0) is 11.6 Å². The van der Waals surface area contributed by atoms with E-state index < -0.39 is 10.8 Å². The fourth-order valence-corrected chi connectivity index (χ4v) is 2.69. The number of nitrogens with one attached hydrogen (secondary N) is 1. The highest BCUT2D eigenvalue weighted by Gasteiger charge is 2.16. The predicted octanol–water partition coefficient (Wildman–Crippen LogP) is 2.52. The molecule has 8 nitrogen and oxygen atoms in total. The number of carbonyl (C=O) groups is 1. The third-order valence-corrected chi connectivity index (χ3v) is 4.07. The summed E-state index contributed by atoms with van der Waals surface area (Å²) in [5.74, 6) is -0.0662. The fraction of sp³-hybridized carbons (Fsp3) is 0.158. The van der Waals surface area contributed by atoms with Crippen molar-refractivity contribution in [2.45, 2.75) is 13.0 Å². The molecular weight excluding hydrogens is 348 g/mol. The molecule has 2 aromatic carbocycles. The summed E-state index contributed by atoms with van der Waals surface area (Å²) in [7, 11) is 0. The quantitative estimate of drug-likeness (QED) is 0.493. The average molecular weight is 366 g/mol. The van der Waals surface area contributed by atoms with E-state index in [1.807, 2.05) is 41.1 Å². The van der Waals surface area contributed by atoms with Gasteiger partial charge in [0.25, 0.3) is 11.6 Å². The molecule has 0 spiro atoms. The summed E-state index contributed by atoms with van der Waals surface area (Å²) in [6, 6.07) is 13.3. The highest BCUT2D eigenvalue weighted by molar-refractivity contribution is 5.97. The number of nitro groups is 1. The van der Waals surface area contributed by atoms with Crippen LogP contribution in [0.1, 0.15) is 21.7 Å². The molecule has 0 radical (unpaired) electrons. The van der Waals surface area contributed by atoms with Gasteiger partial charge < -0.3 is 15.0 Å². The SMILES string of the molecule is O=C(NCCc1nccn1Cc1ccccc1)c1cc([N+](=O)[O-])ccc1O. The van der Waals surface area contributed by atoms with Crippen molar-refractivity contribution < 1.29 is 14.8 Å². The van der Waals surface area contributed by atoms with Gasteiger partial charge in [-0.2, -0.15) is 0 Å². The van der Waals surface area contributed by atoms with Gasteiger partial charge in [0.05, 0.1) is 10.5 Å². The summed E-state index contributed by atoms with van der Waals surface area (Å²) in [6.07, 6.45) is 4.06. The topological polar surface area (TPSA) is 110 Å². The molecule has 0 unspecified atom stereocenters. The molecule has 3 aromatic rings. The Morgan fingerprint density at radius 2 is 2.00 bits per heavy atom. The first-order chi connectivity index (χ1) is 13.0. The van der Waals surface area contributed by atoms with Gasteiger partial charge in [0, 0.05) is 44.0 Å². The zero-order valence-electron chi connectivity index (χ0n) is 14.4. The second kappa shape index (κ2) is 8.13. The molecule has 0 aliphatic carbocycles. The molecule has 0 aliphatic rings. The van der Waals surface area contributed by atoms with Crippen molar-refractivity contribution in [1.29, 1.82) is 0 Å². The molecule has 1 amide bonds. The number of aromatic hydroxyl groups is 1. The summed E-state index contributed by atoms with van der Waals surface area (Å²) in [5, 5.41) is 23.3. The van der Waals surface area contributed by atoms with Crippen LogP contribution in [0.2, 0.25) is 0 Å². The lowest BCUT2D eigenvalue weighted by Gasteiger charge is -2.09. The van der Waals surface area contributed by atoms with E-state index in [0.717, 1.165) is 29.6 Å². The maximum Gasteiger partial charge on any atom is 0.270 e. The Morgan fingerprint density at radius 1 is 1.22 bits per heavy atom. The van der Waals surface area contributed by atoms with Crippen molar-refractivity contribution in [2.75, 3.05) is 6.54 Å². The van der Waals surface area contributed by atoms with Gasteiger partial charge in [-0.15, -0.1) is 0 Å². The van der Waals surface area contributed by atoms with E-state index in [-0.39, 0.29) is 23.5 Å². The molecule has 0 fully saturated rings. The van der Waals surface area contributed by atoms with Crippen molar-refractivity contribution in [3.63, 3.8) is 0 Å². The van der Waals surface area contributed by atoms with Gasteiger partial charge in [-0.3, -0.25) is 14.9 Å². The minimum atomic E-state index is -0.614. The molecular formula is C19H18N4O4. The van der Waals surface area contributed by atoms with Crippen LogP contribution in [0.15, 0.2) is 60.9 Å². The monoisotopic (exact) mass is 366 g/mol. The van der Waals surface area contributed by atoms with E-state index in [9.17, 15) is 20.0 Å². The number of rotatable bonds is 7. The van der Waals surface area contributed by atoms with Gasteiger partial charge in [0.15, 0.2) is 0 Å². The van der Waals surface area contributed by atoms with Gasteiger partial charge in [-0.25, -0.2) is 4.98 Å². The Balaban J connectivity index is 1.61. The number of phenols is 1. The standard InChI is InChI=1S/C19H18N4O4/c24-17-7-6-15(23(26)27)12-16(17)19(25)21-9-8-18-20-10-11-22(18)13-14-4-2-1-3-5-14/h1-7,10-12,24H,8-9,13H2,(H,21,25). The first kappa shape index (κ1) is 18.1. The van der Waals surface area contributed by atoms with E-state index in [2.05, 4.69) is 10.3 Å². The number of hydrogen-bond donors (Lipinski definition) is 2. The number of aromatic nitrogens is 2. The Morgan fingerprint density at radius 3 is 2.74 bits per heavy atom. The number of non-ortho nitro benzene ring substituents is 1. The summed E-state index contributed by atoms with van der Waals surface area (Å²) in [5.41, 5.74) is 0.760. The molecule has 1 heterocycles. The number of nitro benzene ring substituents is 1. The van der Waals surface area contributed by atoms with Crippen LogP contribution in [0.4, 0.5) is 5.69 Å². The van der Waals surface area contributed by atoms with Crippen LogP contribution in [-0.2, 0) is 13.0 Å². The van der Waals surface area contributed by atoms with Crippen molar-refractivity contribution in [1.82, 2.24) is 14.9 Å². The number of carbonyl (C=O) groups excluding carboxylic acids is 1. The first-order valence-corrected chi connectivity index (χ1v) is 8.34. The molecule has 0 atom stereocenters. The maximum atomic E-state index is 12.2. The fourth-order valence-electron chi connectivity index (χ4n) is 2.69. The number of amides is 1. The Bertz CT molecular complexity index is 953. The molecule has 27 heavy (non-hydrogen) atoms. The second-order valence-corrected chi connectivity index (χ2v) is 5.92. The normalized spacial score (nSPS) is 10.5. The minimum Gasteiger partial charge on any atom is -0.507 e. The lowest BCUT2D eigenvalue weighted by molar-refractivity contribution is -0.384. The molecule has 3 rings (SSSR count). The number of imidazole rings is 1. The molecule has 0 saturated heterocycles. The van der Waals surface area contributed by atoms with Crippen LogP contribution in [0.5, 0.6) is 5.75 Å². The lowest BCUT2D eigenvalue weighted by atomic mass is 10.1. The van der Waals surface area contributed by atoms with Crippen LogP contribution >= 0.6 is 0 Å². The molecule has 8 heteroatoms. The zero-order chi connectivity index (χ0) is 19.2.